The molecule has 0 atom stereocenters. The van der Waals surface area contributed by atoms with Crippen molar-refractivity contribution >= 4 is 34.8 Å². The molecule has 9 nitrogen and oxygen atoms in total. The van der Waals surface area contributed by atoms with Crippen molar-refractivity contribution < 1.29 is 18.0 Å². The highest BCUT2D eigenvalue weighted by Crippen LogP contribution is 2.39. The van der Waals surface area contributed by atoms with Gasteiger partial charge in [0.1, 0.15) is 17.3 Å². The predicted octanol–water partition coefficient (Wildman–Crippen LogP) is 5.73. The molecule has 1 amide bonds. The van der Waals surface area contributed by atoms with E-state index < -0.39 is 17.6 Å². The Labute approximate surface area is 236 Å². The topological polar surface area (TPSA) is 110 Å². The van der Waals surface area contributed by atoms with Crippen LogP contribution in [0.4, 0.5) is 30.5 Å². The van der Waals surface area contributed by atoms with Gasteiger partial charge in [-0.3, -0.25) is 9.78 Å². The first kappa shape index (κ1) is 26.4. The van der Waals surface area contributed by atoms with Gasteiger partial charge in [-0.2, -0.15) is 23.1 Å². The lowest BCUT2D eigenvalue weighted by atomic mass is 9.98. The molecule has 0 spiro atoms. The Morgan fingerprint density at radius 3 is 2.73 bits per heavy atom. The van der Waals surface area contributed by atoms with Crippen LogP contribution in [-0.2, 0) is 12.7 Å². The molecule has 0 radical (unpaired) electrons. The summed E-state index contributed by atoms with van der Waals surface area (Å²) in [5.41, 5.74) is 2.69. The fraction of sp³-hybridized carbons (Fsp3) is 0.143. The summed E-state index contributed by atoms with van der Waals surface area (Å²) in [4.78, 5) is 34.2. The summed E-state index contributed by atoms with van der Waals surface area (Å²) in [5, 5.41) is 6.46. The third-order valence-electron chi connectivity index (χ3n) is 6.54. The summed E-state index contributed by atoms with van der Waals surface area (Å²) in [6.07, 6.45) is -0.359. The molecular weight excluding hydrogens is 557 g/mol. The highest BCUT2D eigenvalue weighted by molar-refractivity contribution is 6.32. The normalized spacial score (nSPS) is 13.2. The molecule has 1 aromatic carbocycles. The van der Waals surface area contributed by atoms with Gasteiger partial charge in [0.05, 0.1) is 10.6 Å². The van der Waals surface area contributed by atoms with Crippen LogP contribution in [0.2, 0.25) is 5.02 Å². The van der Waals surface area contributed by atoms with E-state index in [2.05, 4.69) is 35.6 Å². The number of aryl methyl sites for hydroxylation is 1. The number of fused-ring (bicyclic) bond motifs is 3. The van der Waals surface area contributed by atoms with Crippen LogP contribution in [0.15, 0.2) is 72.1 Å². The molecule has 2 N–H and O–H groups in total. The number of nitrogens with one attached hydrogen (secondary N) is 2. The average molecular weight is 577 g/mol. The van der Waals surface area contributed by atoms with Crippen LogP contribution in [0.5, 0.6) is 0 Å². The SMILES string of the molecule is Cc1ccc(NC(=O)c2cc(C(F)(F)F)ccn2)cc1-c1cc2cnc(=Nc3ncccc3Cl)nc-2n2c1NCC2. The standard InChI is InChI=1S/C28H20ClF3N8O/c1-15-4-5-18(37-26(41)22-12-17(6-8-33-22)28(30,31)32)13-19(15)20-11-16-14-36-27(38-23-21(29)3-2-7-34-23)39-24(16)40-10-9-35-25(20)40/h2-8,11-14,35H,9-10H2,1H3,(H,37,41). The average Bonchev–Trinajstić information content (AvgIpc) is 3.45. The maximum atomic E-state index is 13.1. The van der Waals surface area contributed by atoms with Crippen molar-refractivity contribution in [1.82, 2.24) is 24.5 Å². The predicted molar refractivity (Wildman–Crippen MR) is 147 cm³/mol. The number of carbonyl (C=O) groups is 1. The number of rotatable bonds is 4. The molecule has 0 aliphatic carbocycles. The quantitative estimate of drug-likeness (QED) is 0.283. The lowest BCUT2D eigenvalue weighted by molar-refractivity contribution is -0.137. The summed E-state index contributed by atoms with van der Waals surface area (Å²) >= 11 is 6.19. The van der Waals surface area contributed by atoms with Crippen molar-refractivity contribution in [3.8, 4) is 22.5 Å². The van der Waals surface area contributed by atoms with Gasteiger partial charge in [-0.25, -0.2) is 9.97 Å². The lowest BCUT2D eigenvalue weighted by Gasteiger charge is -2.19. The lowest BCUT2D eigenvalue weighted by Crippen LogP contribution is -2.17. The van der Waals surface area contributed by atoms with Crippen LogP contribution in [0.25, 0.3) is 22.5 Å². The van der Waals surface area contributed by atoms with E-state index in [-0.39, 0.29) is 11.3 Å². The largest absolute Gasteiger partial charge is 0.416 e. The van der Waals surface area contributed by atoms with Crippen LogP contribution in [0.1, 0.15) is 21.6 Å². The molecule has 0 saturated carbocycles. The minimum absolute atomic E-state index is 0.219. The molecule has 0 unspecified atom stereocenters. The molecule has 0 bridgehead atoms. The minimum atomic E-state index is -4.58. The van der Waals surface area contributed by atoms with Crippen molar-refractivity contribution in [3.63, 3.8) is 0 Å². The van der Waals surface area contributed by atoms with Gasteiger partial charge in [0.2, 0.25) is 0 Å². The molecule has 0 saturated heterocycles. The van der Waals surface area contributed by atoms with Crippen molar-refractivity contribution in [2.75, 3.05) is 17.2 Å². The van der Waals surface area contributed by atoms with E-state index >= 15 is 0 Å². The first-order valence-electron chi connectivity index (χ1n) is 12.4. The van der Waals surface area contributed by atoms with E-state index in [4.69, 9.17) is 11.6 Å². The monoisotopic (exact) mass is 576 g/mol. The molecule has 3 aromatic rings. The molecule has 2 aromatic heterocycles. The van der Waals surface area contributed by atoms with Gasteiger partial charge < -0.3 is 15.2 Å². The molecule has 41 heavy (non-hydrogen) atoms. The summed E-state index contributed by atoms with van der Waals surface area (Å²) in [6, 6.07) is 12.2. The molecule has 3 aliphatic heterocycles. The molecule has 0 fully saturated rings. The first-order chi connectivity index (χ1) is 19.7. The highest BCUT2D eigenvalue weighted by atomic mass is 35.5. The van der Waals surface area contributed by atoms with E-state index in [9.17, 15) is 18.0 Å². The summed E-state index contributed by atoms with van der Waals surface area (Å²) < 4.78 is 41.4. The molecule has 3 aliphatic rings. The Morgan fingerprint density at radius 1 is 1.07 bits per heavy atom. The Morgan fingerprint density at radius 2 is 1.93 bits per heavy atom. The van der Waals surface area contributed by atoms with E-state index in [1.165, 1.54) is 0 Å². The van der Waals surface area contributed by atoms with Crippen molar-refractivity contribution in [3.05, 3.63) is 94.6 Å². The van der Waals surface area contributed by atoms with Gasteiger partial charge in [-0.05, 0) is 60.5 Å². The van der Waals surface area contributed by atoms with Crippen LogP contribution in [0, 0.1) is 6.92 Å². The van der Waals surface area contributed by atoms with E-state index in [0.717, 1.165) is 46.4 Å². The molecule has 13 heteroatoms. The molecule has 5 heterocycles. The number of aromatic nitrogens is 5. The number of hydrogen-bond acceptors (Lipinski definition) is 7. The fourth-order valence-electron chi connectivity index (χ4n) is 4.59. The van der Waals surface area contributed by atoms with Gasteiger partial charge in [0, 0.05) is 48.5 Å². The maximum Gasteiger partial charge on any atom is 0.416 e. The number of halogens is 4. The van der Waals surface area contributed by atoms with Gasteiger partial charge >= 0.3 is 6.18 Å². The second kappa shape index (κ2) is 10.3. The number of nitrogens with zero attached hydrogens (tertiary/aromatic N) is 6. The van der Waals surface area contributed by atoms with Gasteiger partial charge in [0.25, 0.3) is 11.5 Å². The van der Waals surface area contributed by atoms with Gasteiger partial charge in [-0.15, -0.1) is 0 Å². The molecule has 6 rings (SSSR count). The number of anilines is 2. The Bertz CT molecular complexity index is 1850. The number of pyridine rings is 3. The summed E-state index contributed by atoms with van der Waals surface area (Å²) in [5.74, 6) is 1.07. The molecule has 206 valence electrons. The number of carbonyl (C=O) groups excluding carboxylic acids is 1. The Hall–Kier alpha value is -4.84. The highest BCUT2D eigenvalue weighted by Gasteiger charge is 2.31. The molecular formula is C28H20ClF3N8O. The van der Waals surface area contributed by atoms with Gasteiger partial charge in [-0.1, -0.05) is 17.7 Å². The fourth-order valence-corrected chi connectivity index (χ4v) is 4.75. The Kier molecular flexibility index (Phi) is 6.62. The van der Waals surface area contributed by atoms with Crippen LogP contribution >= 0.6 is 11.6 Å². The van der Waals surface area contributed by atoms with Crippen molar-refractivity contribution in [1.29, 1.82) is 0 Å². The minimum Gasteiger partial charge on any atom is -0.369 e. The van der Waals surface area contributed by atoms with Crippen molar-refractivity contribution in [2.45, 2.75) is 19.6 Å². The zero-order chi connectivity index (χ0) is 28.7. The number of hydrogen-bond donors (Lipinski definition) is 2. The third-order valence-corrected chi connectivity index (χ3v) is 6.84. The second-order valence-corrected chi connectivity index (χ2v) is 9.67. The van der Waals surface area contributed by atoms with Gasteiger partial charge in [0.15, 0.2) is 5.82 Å². The van der Waals surface area contributed by atoms with E-state index in [1.807, 2.05) is 23.6 Å². The number of alkyl halides is 3. The number of amides is 1. The van der Waals surface area contributed by atoms with Crippen LogP contribution in [0.3, 0.4) is 0 Å². The second-order valence-electron chi connectivity index (χ2n) is 9.27. The summed E-state index contributed by atoms with van der Waals surface area (Å²) in [6.45, 7) is 3.25. The van der Waals surface area contributed by atoms with Crippen molar-refractivity contribution in [2.24, 2.45) is 4.99 Å². The van der Waals surface area contributed by atoms with E-state index in [1.54, 1.807) is 36.7 Å². The smallest absolute Gasteiger partial charge is 0.369 e. The third kappa shape index (κ3) is 5.21. The van der Waals surface area contributed by atoms with Crippen LogP contribution < -0.4 is 16.3 Å². The van der Waals surface area contributed by atoms with Crippen LogP contribution in [-0.4, -0.2) is 37.0 Å². The van der Waals surface area contributed by atoms with E-state index in [0.29, 0.717) is 35.4 Å². The maximum absolute atomic E-state index is 13.1. The zero-order valence-corrected chi connectivity index (χ0v) is 22.1. The zero-order valence-electron chi connectivity index (χ0n) is 21.4. The Balaban J connectivity index is 1.38. The summed E-state index contributed by atoms with van der Waals surface area (Å²) in [7, 11) is 0. The number of benzene rings is 1. The first-order valence-corrected chi connectivity index (χ1v) is 12.8.